The van der Waals surface area contributed by atoms with E-state index in [1.165, 1.54) is 17.2 Å². The van der Waals surface area contributed by atoms with E-state index in [1.807, 2.05) is 13.1 Å². The summed E-state index contributed by atoms with van der Waals surface area (Å²) in [6.07, 6.45) is 0. The molecule has 0 aliphatic heterocycles. The molecule has 3 heteroatoms. The number of hydrogen-bond donors (Lipinski definition) is 1. The lowest BCUT2D eigenvalue weighted by molar-refractivity contribution is 0.624. The van der Waals surface area contributed by atoms with Crippen LogP contribution in [0.25, 0.3) is 0 Å². The molecule has 1 atom stereocenters. The third-order valence-corrected chi connectivity index (χ3v) is 4.09. The molecule has 0 bridgehead atoms. The quantitative estimate of drug-likeness (QED) is 0.821. The maximum absolute atomic E-state index is 13.1. The molecule has 100 valence electrons. The second kappa shape index (κ2) is 6.73. The molecule has 0 spiro atoms. The molecule has 19 heavy (non-hydrogen) atoms. The third kappa shape index (κ3) is 4.08. The highest BCUT2D eigenvalue weighted by molar-refractivity contribution is 7.99. The normalized spacial score (nSPS) is 12.4. The molecule has 1 nitrogen and oxygen atoms in total. The number of thioether (sulfide) groups is 1. The van der Waals surface area contributed by atoms with Crippen LogP contribution in [-0.4, -0.2) is 12.8 Å². The Balaban J connectivity index is 2.04. The van der Waals surface area contributed by atoms with E-state index < -0.39 is 0 Å². The van der Waals surface area contributed by atoms with E-state index in [4.69, 9.17) is 0 Å². The van der Waals surface area contributed by atoms with Crippen molar-refractivity contribution in [2.24, 2.45) is 0 Å². The molecular weight excluding hydrogens is 257 g/mol. The third-order valence-electron chi connectivity index (χ3n) is 3.01. The molecule has 0 heterocycles. The highest BCUT2D eigenvalue weighted by atomic mass is 32.2. The van der Waals surface area contributed by atoms with Crippen molar-refractivity contribution in [3.63, 3.8) is 0 Å². The maximum atomic E-state index is 13.1. The topological polar surface area (TPSA) is 12.0 Å². The van der Waals surface area contributed by atoms with Crippen LogP contribution >= 0.6 is 11.8 Å². The van der Waals surface area contributed by atoms with Gasteiger partial charge in [-0.3, -0.25) is 0 Å². The number of benzene rings is 2. The summed E-state index contributed by atoms with van der Waals surface area (Å²) >= 11 is 1.67. The first-order valence-electron chi connectivity index (χ1n) is 6.31. The molecule has 0 aliphatic rings. The van der Waals surface area contributed by atoms with Gasteiger partial charge in [-0.25, -0.2) is 4.39 Å². The molecule has 0 aromatic heterocycles. The summed E-state index contributed by atoms with van der Waals surface area (Å²) in [7, 11) is 1.96. The van der Waals surface area contributed by atoms with Crippen molar-refractivity contribution in [3.8, 4) is 0 Å². The highest BCUT2D eigenvalue weighted by Gasteiger charge is 2.10. The van der Waals surface area contributed by atoms with Crippen LogP contribution in [0.5, 0.6) is 0 Å². The summed E-state index contributed by atoms with van der Waals surface area (Å²) in [6, 6.07) is 15.5. The lowest BCUT2D eigenvalue weighted by Gasteiger charge is -2.16. The molecule has 1 unspecified atom stereocenters. The summed E-state index contributed by atoms with van der Waals surface area (Å²) in [6.45, 7) is 2.09. The first kappa shape index (κ1) is 14.1. The lowest BCUT2D eigenvalue weighted by atomic mass is 10.1. The van der Waals surface area contributed by atoms with E-state index in [0.717, 1.165) is 10.6 Å². The zero-order chi connectivity index (χ0) is 13.7. The second-order valence-corrected chi connectivity index (χ2v) is 5.62. The number of hydrogen-bond acceptors (Lipinski definition) is 2. The van der Waals surface area contributed by atoms with Gasteiger partial charge in [-0.15, -0.1) is 11.8 Å². The number of halogens is 1. The molecule has 2 aromatic carbocycles. The van der Waals surface area contributed by atoms with Gasteiger partial charge < -0.3 is 5.32 Å². The summed E-state index contributed by atoms with van der Waals surface area (Å²) in [5.41, 5.74) is 2.53. The first-order valence-corrected chi connectivity index (χ1v) is 7.30. The van der Waals surface area contributed by atoms with Crippen LogP contribution in [0.3, 0.4) is 0 Å². The lowest BCUT2D eigenvalue weighted by Crippen LogP contribution is -2.18. The van der Waals surface area contributed by atoms with Gasteiger partial charge in [-0.1, -0.05) is 35.9 Å². The number of nitrogens with one attached hydrogen (secondary N) is 1. The molecule has 2 aromatic rings. The minimum absolute atomic E-state index is 0.179. The highest BCUT2D eigenvalue weighted by Crippen LogP contribution is 2.25. The van der Waals surface area contributed by atoms with E-state index in [9.17, 15) is 4.39 Å². The fourth-order valence-electron chi connectivity index (χ4n) is 1.97. The fourth-order valence-corrected chi connectivity index (χ4v) is 3.06. The van der Waals surface area contributed by atoms with Crippen molar-refractivity contribution in [3.05, 3.63) is 65.5 Å². The Labute approximate surface area is 118 Å². The fraction of sp³-hybridized carbons (Fsp3) is 0.250. The van der Waals surface area contributed by atoms with Gasteiger partial charge in [0.15, 0.2) is 0 Å². The van der Waals surface area contributed by atoms with Crippen molar-refractivity contribution in [1.29, 1.82) is 0 Å². The summed E-state index contributed by atoms with van der Waals surface area (Å²) < 4.78 is 13.1. The van der Waals surface area contributed by atoms with Gasteiger partial charge >= 0.3 is 0 Å². The smallest absolute Gasteiger partial charge is 0.124 e. The predicted octanol–water partition coefficient (Wildman–Crippen LogP) is 4.19. The van der Waals surface area contributed by atoms with Gasteiger partial charge in [0.05, 0.1) is 0 Å². The average molecular weight is 275 g/mol. The SMILES string of the molecule is CNC(CSc1cccc(F)c1)c1cccc(C)c1. The average Bonchev–Trinajstić information content (AvgIpc) is 2.40. The van der Waals surface area contributed by atoms with Crippen LogP contribution in [0.15, 0.2) is 53.4 Å². The molecule has 0 saturated heterocycles. The molecule has 0 aliphatic carbocycles. The van der Waals surface area contributed by atoms with Crippen LogP contribution < -0.4 is 5.32 Å². The number of rotatable bonds is 5. The minimum Gasteiger partial charge on any atom is -0.312 e. The van der Waals surface area contributed by atoms with E-state index >= 15 is 0 Å². The Morgan fingerprint density at radius 3 is 2.63 bits per heavy atom. The molecule has 0 fully saturated rings. The van der Waals surface area contributed by atoms with Gasteiger partial charge in [0.1, 0.15) is 5.82 Å². The monoisotopic (exact) mass is 275 g/mol. The summed E-state index contributed by atoms with van der Waals surface area (Å²) in [5, 5.41) is 3.32. The Hall–Kier alpha value is -1.32. The van der Waals surface area contributed by atoms with Crippen LogP contribution in [0.4, 0.5) is 4.39 Å². The van der Waals surface area contributed by atoms with Crippen molar-refractivity contribution in [1.82, 2.24) is 5.32 Å². The van der Waals surface area contributed by atoms with Gasteiger partial charge in [-0.2, -0.15) is 0 Å². The Morgan fingerprint density at radius 2 is 1.95 bits per heavy atom. The van der Waals surface area contributed by atoms with Crippen LogP contribution in [0.1, 0.15) is 17.2 Å². The zero-order valence-corrected chi connectivity index (χ0v) is 12.0. The van der Waals surface area contributed by atoms with Crippen molar-refractivity contribution in [2.75, 3.05) is 12.8 Å². The summed E-state index contributed by atoms with van der Waals surface area (Å²) in [4.78, 5) is 0.966. The largest absolute Gasteiger partial charge is 0.312 e. The standard InChI is InChI=1S/C16H18FNS/c1-12-5-3-6-13(9-12)16(18-2)11-19-15-8-4-7-14(17)10-15/h3-10,16,18H,11H2,1-2H3. The molecule has 1 N–H and O–H groups in total. The molecule has 0 saturated carbocycles. The Morgan fingerprint density at radius 1 is 1.16 bits per heavy atom. The maximum Gasteiger partial charge on any atom is 0.124 e. The zero-order valence-electron chi connectivity index (χ0n) is 11.2. The van der Waals surface area contributed by atoms with Crippen molar-refractivity contribution < 1.29 is 4.39 Å². The van der Waals surface area contributed by atoms with Gasteiger partial charge in [0.25, 0.3) is 0 Å². The molecule has 0 amide bonds. The van der Waals surface area contributed by atoms with Crippen LogP contribution in [-0.2, 0) is 0 Å². The van der Waals surface area contributed by atoms with E-state index in [2.05, 4.69) is 36.5 Å². The number of aryl methyl sites for hydroxylation is 1. The van der Waals surface area contributed by atoms with E-state index in [-0.39, 0.29) is 11.9 Å². The van der Waals surface area contributed by atoms with Gasteiger partial charge in [0.2, 0.25) is 0 Å². The predicted molar refractivity (Wildman–Crippen MR) is 80.1 cm³/mol. The van der Waals surface area contributed by atoms with Crippen molar-refractivity contribution in [2.45, 2.75) is 17.9 Å². The van der Waals surface area contributed by atoms with Gasteiger partial charge in [-0.05, 0) is 37.7 Å². The van der Waals surface area contributed by atoms with Crippen LogP contribution in [0.2, 0.25) is 0 Å². The molecular formula is C16H18FNS. The molecule has 2 rings (SSSR count). The van der Waals surface area contributed by atoms with Gasteiger partial charge in [0, 0.05) is 16.7 Å². The minimum atomic E-state index is -0.179. The molecule has 0 radical (unpaired) electrons. The van der Waals surface area contributed by atoms with Crippen molar-refractivity contribution >= 4 is 11.8 Å². The summed E-state index contributed by atoms with van der Waals surface area (Å²) in [5.74, 6) is 0.699. The van der Waals surface area contributed by atoms with Crippen LogP contribution in [0, 0.1) is 12.7 Å². The first-order chi connectivity index (χ1) is 9.19. The van der Waals surface area contributed by atoms with E-state index in [0.29, 0.717) is 0 Å². The second-order valence-electron chi connectivity index (χ2n) is 4.52. The van der Waals surface area contributed by atoms with E-state index in [1.54, 1.807) is 23.9 Å². The Kier molecular flexibility index (Phi) is 5.00. The Bertz CT molecular complexity index is 542.